The first-order valence-corrected chi connectivity index (χ1v) is 28.1. The van der Waals surface area contributed by atoms with Gasteiger partial charge in [0.15, 0.2) is 18.2 Å². The van der Waals surface area contributed by atoms with Gasteiger partial charge in [-0.15, -0.1) is 5.11 Å². The molecule has 0 spiro atoms. The molecule has 2 aromatic rings. The summed E-state index contributed by atoms with van der Waals surface area (Å²) in [6, 6.07) is 4.82. The number of azo groups is 1. The summed E-state index contributed by atoms with van der Waals surface area (Å²) in [5.74, 6) is -47.2. The van der Waals surface area contributed by atoms with Crippen LogP contribution in [0.2, 0.25) is 0 Å². The summed E-state index contributed by atoms with van der Waals surface area (Å²) in [6.45, 7) is 9.30. The monoisotopic (exact) mass is 1180 g/mol. The van der Waals surface area contributed by atoms with Gasteiger partial charge in [0.1, 0.15) is 17.5 Å². The normalized spacial score (nSPS) is 25.3. The third-order valence-electron chi connectivity index (χ3n) is 18.0. The molecule has 0 amide bonds. The third-order valence-corrected chi connectivity index (χ3v) is 18.0. The lowest BCUT2D eigenvalue weighted by Gasteiger charge is -2.58. The van der Waals surface area contributed by atoms with Crippen molar-refractivity contribution in [2.24, 2.45) is 56.6 Å². The number of hydrogen-bond acceptors (Lipinski definition) is 6. The van der Waals surface area contributed by atoms with E-state index in [2.05, 4.69) is 55.7 Å². The summed E-state index contributed by atoms with van der Waals surface area (Å²) in [5.41, 5.74) is 1.18. The highest BCUT2D eigenvalue weighted by Crippen LogP contribution is 2.68. The van der Waals surface area contributed by atoms with E-state index in [0.29, 0.717) is 36.3 Å². The van der Waals surface area contributed by atoms with Gasteiger partial charge in [-0.1, -0.05) is 104 Å². The van der Waals surface area contributed by atoms with Crippen LogP contribution in [0.4, 0.5) is 86.0 Å². The number of ether oxygens (including phenoxy) is 3. The Labute approximate surface area is 461 Å². The number of carbonyl (C=O) groups excluding carboxylic acids is 1. The molecule has 0 aliphatic heterocycles. The second kappa shape index (κ2) is 25.5. The minimum absolute atomic E-state index is 0.0558. The van der Waals surface area contributed by atoms with E-state index in [-0.39, 0.29) is 29.8 Å². The van der Waals surface area contributed by atoms with E-state index in [9.17, 15) is 79.4 Å². The Morgan fingerprint density at radius 3 is 1.86 bits per heavy atom. The number of benzene rings is 2. The molecule has 0 saturated heterocycles. The van der Waals surface area contributed by atoms with E-state index in [1.54, 1.807) is 0 Å². The molecule has 0 bridgehead atoms. The molecule has 4 aliphatic rings. The van der Waals surface area contributed by atoms with E-state index < -0.39 is 77.1 Å². The zero-order valence-corrected chi connectivity index (χ0v) is 46.1. The second-order valence-electron chi connectivity index (χ2n) is 23.8. The fraction of sp³-hybridized carbons (Fsp3) is 0.741. The highest BCUT2D eigenvalue weighted by molar-refractivity contribution is 5.69. The molecule has 23 heteroatoms. The molecule has 0 aromatic heterocycles. The SMILES string of the molecule is CC(C)CCC[C@@H](C)[C@H]1CC[C@H]2[C@@H]3CC=C4C[C@@H](OC(=O)CCCCCCCCCCOc5ccc(N=Nc6ccc(OCC(F)(F)C(F)(F)C(F)(F)C(F)(F)C(F)(F)C(F)(F)C(F)(F)F)cc6)c(F)c5F)CC[C@]4(C)[C@H]3CC[C@]12C. The maximum absolute atomic E-state index is 14.8. The quantitative estimate of drug-likeness (QED) is 0.0280. The largest absolute Gasteiger partial charge is 0.490 e. The molecular formula is C58H73F17N2O4. The van der Waals surface area contributed by atoms with Crippen LogP contribution in [0.5, 0.6) is 11.5 Å². The van der Waals surface area contributed by atoms with Gasteiger partial charge in [-0.3, -0.25) is 4.79 Å². The number of carbonyl (C=O) groups is 1. The summed E-state index contributed by atoms with van der Waals surface area (Å²) < 4.78 is 247. The molecule has 0 radical (unpaired) electrons. The lowest BCUT2D eigenvalue weighted by molar-refractivity contribution is -0.453. The lowest BCUT2D eigenvalue weighted by Crippen LogP contribution is -2.73. The Balaban J connectivity index is 0.842. The van der Waals surface area contributed by atoms with Crippen molar-refractivity contribution in [3.8, 4) is 11.5 Å². The maximum atomic E-state index is 14.8. The average molecular weight is 1190 g/mol. The Morgan fingerprint density at radius 1 is 0.630 bits per heavy atom. The minimum Gasteiger partial charge on any atom is -0.490 e. The van der Waals surface area contributed by atoms with E-state index in [4.69, 9.17) is 9.47 Å². The number of nitrogens with zero attached hydrogens (tertiary/aromatic N) is 2. The first-order chi connectivity index (χ1) is 37.6. The maximum Gasteiger partial charge on any atom is 0.460 e. The predicted molar refractivity (Wildman–Crippen MR) is 268 cm³/mol. The van der Waals surface area contributed by atoms with Gasteiger partial charge >= 0.3 is 47.7 Å². The molecule has 2 aromatic carbocycles. The van der Waals surface area contributed by atoms with E-state index in [1.807, 2.05) is 0 Å². The first kappa shape index (κ1) is 65.8. The molecule has 81 heavy (non-hydrogen) atoms. The number of rotatable bonds is 28. The Hall–Kier alpha value is -4.34. The summed E-state index contributed by atoms with van der Waals surface area (Å²) in [7, 11) is 0. The van der Waals surface area contributed by atoms with Gasteiger partial charge in [-0.2, -0.15) is 75.4 Å². The molecule has 458 valence electrons. The molecule has 0 N–H and O–H groups in total. The second-order valence-corrected chi connectivity index (χ2v) is 23.8. The van der Waals surface area contributed by atoms with Crippen LogP contribution in [0, 0.1) is 58.0 Å². The molecule has 6 nitrogen and oxygen atoms in total. The van der Waals surface area contributed by atoms with Gasteiger partial charge in [-0.05, 0) is 141 Å². The van der Waals surface area contributed by atoms with Gasteiger partial charge in [0.2, 0.25) is 5.82 Å². The molecule has 0 unspecified atom stereocenters. The van der Waals surface area contributed by atoms with Crippen LogP contribution in [-0.2, 0) is 9.53 Å². The van der Waals surface area contributed by atoms with Crippen molar-refractivity contribution in [1.82, 2.24) is 0 Å². The van der Waals surface area contributed by atoms with Crippen molar-refractivity contribution in [3.63, 3.8) is 0 Å². The van der Waals surface area contributed by atoms with Crippen molar-refractivity contribution < 1.29 is 93.6 Å². The first-order valence-electron chi connectivity index (χ1n) is 28.1. The van der Waals surface area contributed by atoms with E-state index >= 15 is 0 Å². The smallest absolute Gasteiger partial charge is 0.460 e. The van der Waals surface area contributed by atoms with Gasteiger partial charge in [0.25, 0.3) is 0 Å². The Bertz CT molecular complexity index is 2480. The molecular weight excluding hydrogens is 1110 g/mol. The van der Waals surface area contributed by atoms with Crippen LogP contribution in [-0.4, -0.2) is 67.0 Å². The number of alkyl halides is 15. The van der Waals surface area contributed by atoms with Crippen LogP contribution in [0.15, 0.2) is 58.3 Å². The van der Waals surface area contributed by atoms with Crippen LogP contribution in [0.25, 0.3) is 0 Å². The molecule has 8 atom stereocenters. The van der Waals surface area contributed by atoms with Crippen molar-refractivity contribution in [2.45, 2.75) is 211 Å². The Morgan fingerprint density at radius 2 is 1.23 bits per heavy atom. The predicted octanol–water partition coefficient (Wildman–Crippen LogP) is 20.0. The average Bonchev–Trinajstić information content (AvgIpc) is 3.91. The van der Waals surface area contributed by atoms with Gasteiger partial charge in [-0.25, -0.2) is 4.39 Å². The van der Waals surface area contributed by atoms with Gasteiger partial charge < -0.3 is 14.2 Å². The van der Waals surface area contributed by atoms with Crippen molar-refractivity contribution in [2.75, 3.05) is 13.2 Å². The van der Waals surface area contributed by atoms with Crippen LogP contribution >= 0.6 is 0 Å². The fourth-order valence-electron chi connectivity index (χ4n) is 13.3. The summed E-state index contributed by atoms with van der Waals surface area (Å²) in [4.78, 5) is 12.9. The number of halogens is 17. The van der Waals surface area contributed by atoms with Crippen molar-refractivity contribution >= 4 is 17.3 Å². The molecule has 3 saturated carbocycles. The topological polar surface area (TPSA) is 69.5 Å². The number of allylic oxidation sites excluding steroid dienone is 1. The van der Waals surface area contributed by atoms with Crippen molar-refractivity contribution in [3.05, 3.63) is 59.7 Å². The third kappa shape index (κ3) is 13.6. The van der Waals surface area contributed by atoms with Gasteiger partial charge in [0, 0.05) is 12.8 Å². The number of hydrogen-bond donors (Lipinski definition) is 0. The fourth-order valence-corrected chi connectivity index (χ4v) is 13.3. The van der Waals surface area contributed by atoms with Crippen LogP contribution in [0.1, 0.15) is 163 Å². The highest BCUT2D eigenvalue weighted by atomic mass is 19.4. The summed E-state index contributed by atoms with van der Waals surface area (Å²) >= 11 is 0. The number of unbranched alkanes of at least 4 members (excludes halogenated alkanes) is 7. The molecule has 3 fully saturated rings. The standard InChI is InChI=1S/C58H73F17N2O4/c1-35(2)15-14-16-36(3)42-24-25-43-41-23-18-37-33-40(28-30-50(37,4)44(41)29-31-51(42,43)5)81-47(78)17-12-10-8-6-7-9-11-13-32-79-46-27-26-45(48(59)49(46)60)77-76-38-19-21-39(22-20-38)80-34-52(61,62)53(63,64)54(65,66)55(67,68)56(69,70)57(71,72)58(73,74)75/h18-22,26-27,35-36,40-44H,6-17,23-25,28-34H2,1-5H3/t36-,40+,41+,42-,43+,44+,50+,51-/m1/s1. The van der Waals surface area contributed by atoms with Gasteiger partial charge in [0.05, 0.1) is 12.3 Å². The molecule has 0 heterocycles. The summed E-state index contributed by atoms with van der Waals surface area (Å²) in [6.07, 6.45) is 15.1. The van der Waals surface area contributed by atoms with Crippen LogP contribution < -0.4 is 9.47 Å². The summed E-state index contributed by atoms with van der Waals surface area (Å²) in [5, 5.41) is 7.04. The zero-order valence-electron chi connectivity index (χ0n) is 46.1. The zero-order chi connectivity index (χ0) is 60.2. The Kier molecular flexibility index (Phi) is 20.7. The number of fused-ring (bicyclic) bond motifs is 5. The van der Waals surface area contributed by atoms with E-state index in [1.165, 1.54) is 50.5 Å². The van der Waals surface area contributed by atoms with E-state index in [0.717, 1.165) is 124 Å². The minimum atomic E-state index is -8.42. The lowest BCUT2D eigenvalue weighted by atomic mass is 9.47. The number of esters is 1. The van der Waals surface area contributed by atoms with Crippen molar-refractivity contribution in [1.29, 1.82) is 0 Å². The van der Waals surface area contributed by atoms with Crippen LogP contribution in [0.3, 0.4) is 0 Å². The highest BCUT2D eigenvalue weighted by Gasteiger charge is 2.93. The molecule has 4 aliphatic carbocycles. The molecule has 6 rings (SSSR count).